The fourth-order valence-electron chi connectivity index (χ4n) is 1.74. The Morgan fingerprint density at radius 1 is 1.27 bits per heavy atom. The standard InChI is InChI=1S/C7H6BrCl2F3IN.C6H7N/c8-5(14)1-3(9)4(15)6(10,2-5)7(11,12)13;7-6-4-2-1-3-5-6/h1,4H,2,15H2;1-5H,7H2. The largest absolute Gasteiger partial charge is 0.409 e. The number of anilines is 1. The van der Waals surface area contributed by atoms with Gasteiger partial charge in [-0.25, -0.2) is 0 Å². The highest BCUT2D eigenvalue weighted by atomic mass is 127. The Labute approximate surface area is 158 Å². The fourth-order valence-corrected chi connectivity index (χ4v) is 4.83. The van der Waals surface area contributed by atoms with Crippen LogP contribution in [0, 0.1) is 0 Å². The number of rotatable bonds is 0. The summed E-state index contributed by atoms with van der Waals surface area (Å²) in [4.78, 5) is -2.52. The van der Waals surface area contributed by atoms with Crippen LogP contribution in [0.25, 0.3) is 0 Å². The molecule has 3 atom stereocenters. The summed E-state index contributed by atoms with van der Waals surface area (Å²) in [6.45, 7) is 0. The third kappa shape index (κ3) is 5.15. The predicted octanol–water partition coefficient (Wildman–Crippen LogP) is 5.18. The van der Waals surface area contributed by atoms with Gasteiger partial charge in [-0.15, -0.1) is 11.6 Å². The van der Waals surface area contributed by atoms with E-state index in [0.717, 1.165) is 5.69 Å². The molecule has 0 heterocycles. The van der Waals surface area contributed by atoms with E-state index in [4.69, 9.17) is 34.7 Å². The van der Waals surface area contributed by atoms with Crippen molar-refractivity contribution in [1.29, 1.82) is 0 Å². The van der Waals surface area contributed by atoms with Crippen molar-refractivity contribution in [3.63, 3.8) is 0 Å². The van der Waals surface area contributed by atoms with Crippen LogP contribution in [0.3, 0.4) is 0 Å². The summed E-state index contributed by atoms with van der Waals surface area (Å²) in [6, 6.07) is 8.06. The number of halogens is 7. The first-order chi connectivity index (χ1) is 9.89. The van der Waals surface area contributed by atoms with E-state index in [0.29, 0.717) is 0 Å². The molecular formula is C13H13BrCl2F3IN2. The maximum atomic E-state index is 12.8. The Hall–Kier alpha value is 0.300. The minimum Gasteiger partial charge on any atom is -0.399 e. The molecule has 1 aromatic carbocycles. The van der Waals surface area contributed by atoms with Crippen molar-refractivity contribution in [2.45, 2.75) is 25.8 Å². The SMILES string of the molecule is NC1C(Cl)=CC(Br)(I)CC1(Cl)C(F)(F)F.Nc1ccccc1. The molecule has 3 unspecified atom stereocenters. The second-order valence-electron chi connectivity index (χ2n) is 4.72. The smallest absolute Gasteiger partial charge is 0.399 e. The van der Waals surface area contributed by atoms with E-state index in [-0.39, 0.29) is 11.5 Å². The monoisotopic (exact) mass is 530 g/mol. The Bertz CT molecular complexity index is 540. The van der Waals surface area contributed by atoms with Gasteiger partial charge in [-0.1, -0.05) is 68.3 Å². The Morgan fingerprint density at radius 2 is 1.77 bits per heavy atom. The lowest BCUT2D eigenvalue weighted by Gasteiger charge is -2.41. The minimum atomic E-state index is -4.60. The lowest BCUT2D eigenvalue weighted by atomic mass is 9.88. The molecule has 0 aromatic heterocycles. The van der Waals surface area contributed by atoms with Crippen LogP contribution in [-0.4, -0.2) is 19.4 Å². The number of para-hydroxylation sites is 1. The number of alkyl halides is 6. The Morgan fingerprint density at radius 3 is 2.14 bits per heavy atom. The number of benzene rings is 1. The first kappa shape index (κ1) is 20.3. The van der Waals surface area contributed by atoms with Crippen molar-refractivity contribution in [3.8, 4) is 0 Å². The highest BCUT2D eigenvalue weighted by Gasteiger charge is 2.62. The van der Waals surface area contributed by atoms with Crippen molar-refractivity contribution >= 4 is 67.4 Å². The van der Waals surface area contributed by atoms with E-state index in [9.17, 15) is 13.2 Å². The minimum absolute atomic E-state index is 0.0835. The molecule has 0 saturated carbocycles. The zero-order chi connectivity index (χ0) is 17.2. The summed E-state index contributed by atoms with van der Waals surface area (Å²) in [7, 11) is 0. The van der Waals surface area contributed by atoms with E-state index >= 15 is 0 Å². The van der Waals surface area contributed by atoms with Crippen LogP contribution in [0.5, 0.6) is 0 Å². The predicted molar refractivity (Wildman–Crippen MR) is 97.7 cm³/mol. The molecule has 1 aliphatic rings. The third-order valence-electron chi connectivity index (χ3n) is 2.90. The van der Waals surface area contributed by atoms with E-state index in [1.165, 1.54) is 6.08 Å². The summed E-state index contributed by atoms with van der Waals surface area (Å²) >= 11 is 16.1. The topological polar surface area (TPSA) is 52.0 Å². The van der Waals surface area contributed by atoms with Crippen LogP contribution in [0.15, 0.2) is 41.4 Å². The number of nitrogens with two attached hydrogens (primary N) is 2. The molecule has 1 aromatic rings. The normalized spacial score (nSPS) is 31.8. The van der Waals surface area contributed by atoms with Crippen molar-refractivity contribution < 1.29 is 13.2 Å². The molecule has 0 aliphatic heterocycles. The molecule has 2 nitrogen and oxygen atoms in total. The molecule has 1 aliphatic carbocycles. The van der Waals surface area contributed by atoms with Gasteiger partial charge in [0.05, 0.1) is 8.37 Å². The van der Waals surface area contributed by atoms with Crippen molar-refractivity contribution in [1.82, 2.24) is 0 Å². The quantitative estimate of drug-likeness (QED) is 0.275. The van der Waals surface area contributed by atoms with Crippen LogP contribution in [0.1, 0.15) is 6.42 Å². The lowest BCUT2D eigenvalue weighted by Crippen LogP contribution is -2.58. The van der Waals surface area contributed by atoms with Gasteiger partial charge in [-0.05, 0) is 18.2 Å². The first-order valence-corrected chi connectivity index (χ1v) is 8.60. The van der Waals surface area contributed by atoms with E-state index in [1.807, 2.05) is 30.3 Å². The zero-order valence-corrected chi connectivity index (χ0v) is 16.3. The van der Waals surface area contributed by atoms with E-state index < -0.39 is 19.4 Å². The van der Waals surface area contributed by atoms with Crippen molar-refractivity contribution in [2.24, 2.45) is 5.73 Å². The van der Waals surface area contributed by atoms with Gasteiger partial charge in [0, 0.05) is 17.1 Å². The summed E-state index contributed by atoms with van der Waals surface area (Å²) in [5.74, 6) is 0. The van der Waals surface area contributed by atoms with Crippen LogP contribution < -0.4 is 11.5 Å². The van der Waals surface area contributed by atoms with Gasteiger partial charge in [-0.3, -0.25) is 0 Å². The fraction of sp³-hybridized carbons (Fsp3) is 0.385. The number of nitrogen functional groups attached to an aromatic ring is 1. The van der Waals surface area contributed by atoms with Crippen molar-refractivity contribution in [2.75, 3.05) is 5.73 Å². The molecule has 22 heavy (non-hydrogen) atoms. The molecule has 9 heteroatoms. The highest BCUT2D eigenvalue weighted by molar-refractivity contribution is 14.1. The average Bonchev–Trinajstić information content (AvgIpc) is 2.35. The molecule has 2 rings (SSSR count). The molecular weight excluding hydrogens is 519 g/mol. The van der Waals surface area contributed by atoms with Gasteiger partial charge >= 0.3 is 6.18 Å². The first-order valence-electron chi connectivity index (χ1n) is 5.97. The summed E-state index contributed by atoms with van der Waals surface area (Å²) in [5, 5.41) is -0.0835. The molecule has 0 spiro atoms. The van der Waals surface area contributed by atoms with Gasteiger partial charge in [0.2, 0.25) is 0 Å². The summed E-state index contributed by atoms with van der Waals surface area (Å²) in [6.07, 6.45) is -3.54. The molecule has 0 amide bonds. The number of allylic oxidation sites excluding steroid dienone is 1. The molecule has 4 N–H and O–H groups in total. The number of hydrogen-bond donors (Lipinski definition) is 2. The summed E-state index contributed by atoms with van der Waals surface area (Å²) in [5.41, 5.74) is 11.6. The lowest BCUT2D eigenvalue weighted by molar-refractivity contribution is -0.166. The van der Waals surface area contributed by atoms with Crippen LogP contribution in [-0.2, 0) is 0 Å². The molecule has 0 fully saturated rings. The van der Waals surface area contributed by atoms with Gasteiger partial charge in [0.25, 0.3) is 0 Å². The van der Waals surface area contributed by atoms with Gasteiger partial charge in [0.1, 0.15) is 0 Å². The number of hydrogen-bond acceptors (Lipinski definition) is 2. The van der Waals surface area contributed by atoms with Crippen LogP contribution in [0.4, 0.5) is 18.9 Å². The van der Waals surface area contributed by atoms with E-state index in [1.54, 1.807) is 22.6 Å². The van der Waals surface area contributed by atoms with Crippen LogP contribution >= 0.6 is 61.7 Å². The van der Waals surface area contributed by atoms with Gasteiger partial charge in [0.15, 0.2) is 4.87 Å². The maximum Gasteiger partial charge on any atom is 0.409 e. The highest BCUT2D eigenvalue weighted by Crippen LogP contribution is 2.53. The van der Waals surface area contributed by atoms with E-state index in [2.05, 4.69) is 15.9 Å². The second kappa shape index (κ2) is 7.46. The molecule has 0 bridgehead atoms. The van der Waals surface area contributed by atoms with Gasteiger partial charge in [-0.2, -0.15) is 13.2 Å². The molecule has 124 valence electrons. The molecule has 0 radical (unpaired) electrons. The second-order valence-corrected chi connectivity index (χ2v) is 10.6. The van der Waals surface area contributed by atoms with Crippen LogP contribution in [0.2, 0.25) is 0 Å². The summed E-state index contributed by atoms with van der Waals surface area (Å²) < 4.78 is 37.4. The van der Waals surface area contributed by atoms with Gasteiger partial charge < -0.3 is 11.5 Å². The molecule has 0 saturated heterocycles. The third-order valence-corrected chi connectivity index (χ3v) is 5.03. The Balaban J connectivity index is 0.000000287. The zero-order valence-electron chi connectivity index (χ0n) is 11.0. The Kier molecular flexibility index (Phi) is 6.90. The van der Waals surface area contributed by atoms with Crippen molar-refractivity contribution in [3.05, 3.63) is 41.4 Å². The average molecular weight is 532 g/mol. The maximum absolute atomic E-state index is 12.8.